The Hall–Kier alpha value is -3.98. The van der Waals surface area contributed by atoms with Gasteiger partial charge in [0.15, 0.2) is 5.65 Å². The number of fused-ring (bicyclic) bond motifs is 2. The Morgan fingerprint density at radius 2 is 1.95 bits per heavy atom. The van der Waals surface area contributed by atoms with Crippen molar-refractivity contribution in [1.29, 1.82) is 0 Å². The summed E-state index contributed by atoms with van der Waals surface area (Å²) in [5, 5.41) is 19.5. The van der Waals surface area contributed by atoms with Gasteiger partial charge < -0.3 is 4.90 Å². The molecule has 188 valence electrons. The first-order chi connectivity index (χ1) is 17.9. The molecular weight excluding hydrogens is 488 g/mol. The minimum absolute atomic E-state index is 0.0262. The van der Waals surface area contributed by atoms with Gasteiger partial charge in [-0.05, 0) is 50.5 Å². The predicted molar refractivity (Wildman–Crippen MR) is 144 cm³/mol. The van der Waals surface area contributed by atoms with E-state index in [0.717, 1.165) is 68.4 Å². The van der Waals surface area contributed by atoms with Crippen LogP contribution < -0.4 is 0 Å². The van der Waals surface area contributed by atoms with E-state index in [2.05, 4.69) is 44.5 Å². The van der Waals surface area contributed by atoms with Gasteiger partial charge in [0.05, 0.1) is 29.0 Å². The van der Waals surface area contributed by atoms with E-state index in [4.69, 9.17) is 16.7 Å². The van der Waals surface area contributed by atoms with Crippen molar-refractivity contribution >= 4 is 39.4 Å². The van der Waals surface area contributed by atoms with E-state index in [0.29, 0.717) is 18.1 Å². The number of benzene rings is 1. The normalized spacial score (nSPS) is 14.6. The molecule has 10 heteroatoms. The van der Waals surface area contributed by atoms with Gasteiger partial charge in [-0.25, -0.2) is 4.98 Å². The van der Waals surface area contributed by atoms with E-state index >= 15 is 0 Å². The Balaban J connectivity index is 1.55. The third-order valence-electron chi connectivity index (χ3n) is 7.41. The first kappa shape index (κ1) is 23.4. The van der Waals surface area contributed by atoms with Gasteiger partial charge >= 0.3 is 0 Å². The standard InChI is InChI=1S/C27H27ClN8O/c1-5-22(37)35-8-6-19(7-9-35)36-16(3)23(24-20-14-30-32-21(20)10-15(2)25(24)28)26(33-36)17-11-18-13-31-34(4)27(18)29-12-17/h5,10-14,19H,1,6-9H2,2-4H3,(H,30,32). The molecule has 37 heavy (non-hydrogen) atoms. The summed E-state index contributed by atoms with van der Waals surface area (Å²) in [6, 6.07) is 4.25. The second kappa shape index (κ2) is 8.85. The number of halogens is 1. The maximum absolute atomic E-state index is 12.1. The number of carbonyl (C=O) groups is 1. The number of carbonyl (C=O) groups excluding carboxylic acids is 1. The first-order valence-electron chi connectivity index (χ1n) is 12.3. The van der Waals surface area contributed by atoms with E-state index in [1.807, 2.05) is 43.5 Å². The summed E-state index contributed by atoms with van der Waals surface area (Å²) >= 11 is 7.00. The number of amides is 1. The Morgan fingerprint density at radius 3 is 2.70 bits per heavy atom. The number of nitrogens with one attached hydrogen (secondary N) is 1. The predicted octanol–water partition coefficient (Wildman–Crippen LogP) is 4.99. The summed E-state index contributed by atoms with van der Waals surface area (Å²) in [7, 11) is 1.88. The summed E-state index contributed by atoms with van der Waals surface area (Å²) in [5.74, 6) is -0.0262. The Kier molecular flexibility index (Phi) is 5.60. The molecule has 1 N–H and O–H groups in total. The van der Waals surface area contributed by atoms with Crippen molar-refractivity contribution in [3.05, 3.63) is 59.7 Å². The zero-order chi connectivity index (χ0) is 25.8. The fourth-order valence-corrected chi connectivity index (χ4v) is 5.70. The molecule has 0 aliphatic carbocycles. The van der Waals surface area contributed by atoms with E-state index in [1.165, 1.54) is 6.08 Å². The monoisotopic (exact) mass is 514 g/mol. The zero-order valence-corrected chi connectivity index (χ0v) is 21.7. The van der Waals surface area contributed by atoms with Crippen molar-refractivity contribution in [2.45, 2.75) is 32.7 Å². The molecule has 1 aromatic carbocycles. The number of hydrogen-bond donors (Lipinski definition) is 1. The molecule has 0 saturated carbocycles. The van der Waals surface area contributed by atoms with Crippen molar-refractivity contribution < 1.29 is 4.79 Å². The highest BCUT2D eigenvalue weighted by atomic mass is 35.5. The largest absolute Gasteiger partial charge is 0.339 e. The number of rotatable bonds is 4. The molecule has 0 unspecified atom stereocenters. The second-order valence-electron chi connectivity index (χ2n) is 9.63. The molecule has 1 fully saturated rings. The fourth-order valence-electron chi connectivity index (χ4n) is 5.45. The molecule has 5 heterocycles. The van der Waals surface area contributed by atoms with Crippen molar-refractivity contribution in [3.8, 4) is 22.4 Å². The minimum Gasteiger partial charge on any atom is -0.339 e. The Labute approximate surface area is 218 Å². The van der Waals surface area contributed by atoms with Gasteiger partial charge in [0.2, 0.25) is 5.91 Å². The lowest BCUT2D eigenvalue weighted by atomic mass is 9.95. The molecule has 1 aliphatic rings. The lowest BCUT2D eigenvalue weighted by Crippen LogP contribution is -2.38. The van der Waals surface area contributed by atoms with E-state index < -0.39 is 0 Å². The van der Waals surface area contributed by atoms with Crippen LogP contribution in [0, 0.1) is 13.8 Å². The fraction of sp³-hybridized carbons (Fsp3) is 0.296. The van der Waals surface area contributed by atoms with Crippen LogP contribution in [-0.2, 0) is 11.8 Å². The van der Waals surface area contributed by atoms with E-state index in [-0.39, 0.29) is 11.9 Å². The molecule has 5 aromatic rings. The summed E-state index contributed by atoms with van der Waals surface area (Å²) in [4.78, 5) is 18.7. The molecule has 4 aromatic heterocycles. The van der Waals surface area contributed by atoms with Crippen LogP contribution in [0.1, 0.15) is 30.1 Å². The van der Waals surface area contributed by atoms with Gasteiger partial charge in [-0.3, -0.25) is 19.3 Å². The summed E-state index contributed by atoms with van der Waals surface area (Å²) in [5.41, 5.74) is 7.30. The number of aromatic amines is 1. The quantitative estimate of drug-likeness (QED) is 0.340. The van der Waals surface area contributed by atoms with Gasteiger partial charge in [-0.1, -0.05) is 18.2 Å². The maximum Gasteiger partial charge on any atom is 0.245 e. The van der Waals surface area contributed by atoms with Crippen molar-refractivity contribution in [2.75, 3.05) is 13.1 Å². The average Bonchev–Trinajstić information content (AvgIpc) is 3.62. The van der Waals surface area contributed by atoms with Gasteiger partial charge in [-0.2, -0.15) is 15.3 Å². The number of likely N-dealkylation sites (tertiary alicyclic amines) is 1. The van der Waals surface area contributed by atoms with Crippen LogP contribution in [0.5, 0.6) is 0 Å². The molecule has 0 radical (unpaired) electrons. The van der Waals surface area contributed by atoms with Gasteiger partial charge in [0.1, 0.15) is 5.69 Å². The molecule has 6 rings (SSSR count). The van der Waals surface area contributed by atoms with Crippen LogP contribution in [0.2, 0.25) is 5.02 Å². The van der Waals surface area contributed by atoms with Crippen LogP contribution in [0.4, 0.5) is 0 Å². The highest BCUT2D eigenvalue weighted by molar-refractivity contribution is 6.36. The van der Waals surface area contributed by atoms with Gasteiger partial charge in [-0.15, -0.1) is 0 Å². The number of nitrogens with zero attached hydrogens (tertiary/aromatic N) is 7. The number of aryl methyl sites for hydroxylation is 2. The van der Waals surface area contributed by atoms with Crippen LogP contribution in [0.25, 0.3) is 44.3 Å². The molecule has 0 bridgehead atoms. The Bertz CT molecular complexity index is 1690. The number of H-pyrrole nitrogens is 1. The van der Waals surface area contributed by atoms with Gasteiger partial charge in [0, 0.05) is 59.5 Å². The first-order valence-corrected chi connectivity index (χ1v) is 12.7. The molecule has 1 saturated heterocycles. The molecule has 1 amide bonds. The zero-order valence-electron chi connectivity index (χ0n) is 21.0. The SMILES string of the molecule is C=CC(=O)N1CCC(n2nc(-c3cnc4c(cnn4C)c3)c(-c3c(Cl)c(C)cc4[nH]ncc34)c2C)CC1. The number of aromatic nitrogens is 7. The summed E-state index contributed by atoms with van der Waals surface area (Å²) in [6.07, 6.45) is 8.48. The highest BCUT2D eigenvalue weighted by Crippen LogP contribution is 2.44. The number of piperidine rings is 1. The van der Waals surface area contributed by atoms with Crippen molar-refractivity contribution in [3.63, 3.8) is 0 Å². The average molecular weight is 515 g/mol. The molecule has 9 nitrogen and oxygen atoms in total. The Morgan fingerprint density at radius 1 is 1.16 bits per heavy atom. The summed E-state index contributed by atoms with van der Waals surface area (Å²) < 4.78 is 3.87. The van der Waals surface area contributed by atoms with Crippen LogP contribution in [-0.4, -0.2) is 58.6 Å². The van der Waals surface area contributed by atoms with Gasteiger partial charge in [0.25, 0.3) is 0 Å². The van der Waals surface area contributed by atoms with E-state index in [1.54, 1.807) is 4.68 Å². The van der Waals surface area contributed by atoms with E-state index in [9.17, 15) is 4.79 Å². The highest BCUT2D eigenvalue weighted by Gasteiger charge is 2.29. The third-order valence-corrected chi connectivity index (χ3v) is 7.89. The van der Waals surface area contributed by atoms with Crippen LogP contribution in [0.15, 0.2) is 43.4 Å². The molecule has 0 spiro atoms. The molecular formula is C27H27ClN8O. The molecule has 1 aliphatic heterocycles. The topological polar surface area (TPSA) is 97.5 Å². The smallest absolute Gasteiger partial charge is 0.245 e. The maximum atomic E-state index is 12.1. The second-order valence-corrected chi connectivity index (χ2v) is 10.0. The lowest BCUT2D eigenvalue weighted by Gasteiger charge is -2.32. The summed E-state index contributed by atoms with van der Waals surface area (Å²) in [6.45, 7) is 9.05. The lowest BCUT2D eigenvalue weighted by molar-refractivity contribution is -0.127. The molecule has 0 atom stereocenters. The van der Waals surface area contributed by atoms with Crippen LogP contribution in [0.3, 0.4) is 0 Å². The van der Waals surface area contributed by atoms with Crippen LogP contribution >= 0.6 is 11.6 Å². The van der Waals surface area contributed by atoms with Crippen molar-refractivity contribution in [2.24, 2.45) is 7.05 Å². The third kappa shape index (κ3) is 3.72. The minimum atomic E-state index is -0.0262. The number of hydrogen-bond acceptors (Lipinski definition) is 5. The number of pyridine rings is 1. The van der Waals surface area contributed by atoms with Crippen molar-refractivity contribution in [1.82, 2.24) is 39.6 Å².